The minimum Gasteiger partial charge on any atom is -0.348 e. The topological polar surface area (TPSA) is 27.6 Å². The molecule has 3 nitrogen and oxygen atoms in total. The normalized spacial score (nSPS) is 19.6. The molecule has 1 unspecified atom stereocenters. The predicted octanol–water partition coefficient (Wildman–Crippen LogP) is 1.64. The van der Waals surface area contributed by atoms with E-state index in [4.69, 9.17) is 0 Å². The third-order valence-electron chi connectivity index (χ3n) is 2.76. The van der Waals surface area contributed by atoms with E-state index in [2.05, 4.69) is 53.4 Å². The molecule has 0 fully saturated rings. The Labute approximate surface area is 90.8 Å². The zero-order valence-electron chi connectivity index (χ0n) is 9.27. The first kappa shape index (κ1) is 10.0. The lowest BCUT2D eigenvalue weighted by Gasteiger charge is -2.19. The smallest absolute Gasteiger partial charge is 0.194 e. The maximum atomic E-state index is 4.50. The molecule has 1 heterocycles. The second-order valence-corrected chi connectivity index (χ2v) is 3.79. The van der Waals surface area contributed by atoms with E-state index >= 15 is 0 Å². The van der Waals surface area contributed by atoms with Gasteiger partial charge in [-0.25, -0.2) is 0 Å². The van der Waals surface area contributed by atoms with Crippen molar-refractivity contribution in [2.45, 2.75) is 13.0 Å². The lowest BCUT2D eigenvalue weighted by molar-refractivity contribution is 0.511. The zero-order chi connectivity index (χ0) is 10.7. The van der Waals surface area contributed by atoms with Crippen molar-refractivity contribution in [1.29, 1.82) is 0 Å². The summed E-state index contributed by atoms with van der Waals surface area (Å²) in [5.41, 5.74) is 1.31. The summed E-state index contributed by atoms with van der Waals surface area (Å²) in [5, 5.41) is 3.43. The molecule has 1 aliphatic heterocycles. The van der Waals surface area contributed by atoms with Crippen LogP contribution in [0.25, 0.3) is 0 Å². The first-order valence-corrected chi connectivity index (χ1v) is 5.38. The lowest BCUT2D eigenvalue weighted by atomic mass is 10.1. The van der Waals surface area contributed by atoms with Crippen LogP contribution in [0.4, 0.5) is 0 Å². The number of benzene rings is 1. The Morgan fingerprint density at radius 3 is 2.80 bits per heavy atom. The minimum absolute atomic E-state index is 0.343. The molecule has 1 aromatic rings. The lowest BCUT2D eigenvalue weighted by Crippen LogP contribution is -2.36. The van der Waals surface area contributed by atoms with Crippen molar-refractivity contribution in [1.82, 2.24) is 10.2 Å². The van der Waals surface area contributed by atoms with Crippen LogP contribution in [0.5, 0.6) is 0 Å². The van der Waals surface area contributed by atoms with E-state index in [1.807, 2.05) is 6.07 Å². The van der Waals surface area contributed by atoms with Gasteiger partial charge in [-0.1, -0.05) is 30.3 Å². The number of nitrogens with one attached hydrogen (secondary N) is 1. The number of aliphatic imine (C=N–C) groups is 1. The van der Waals surface area contributed by atoms with Crippen LogP contribution in [-0.4, -0.2) is 31.0 Å². The molecule has 2 rings (SSSR count). The Hall–Kier alpha value is -1.51. The van der Waals surface area contributed by atoms with E-state index in [9.17, 15) is 0 Å². The highest BCUT2D eigenvalue weighted by molar-refractivity contribution is 5.81. The summed E-state index contributed by atoms with van der Waals surface area (Å²) in [7, 11) is 2.05. The summed E-state index contributed by atoms with van der Waals surface area (Å²) >= 11 is 0. The van der Waals surface area contributed by atoms with Crippen molar-refractivity contribution < 1.29 is 0 Å². The van der Waals surface area contributed by atoms with Crippen LogP contribution < -0.4 is 5.32 Å². The molecular formula is C12H17N3. The average molecular weight is 203 g/mol. The molecule has 0 saturated heterocycles. The number of hydrogen-bond donors (Lipinski definition) is 1. The molecule has 1 aliphatic rings. The van der Waals surface area contributed by atoms with Gasteiger partial charge in [0.25, 0.3) is 0 Å². The summed E-state index contributed by atoms with van der Waals surface area (Å²) in [4.78, 5) is 6.62. The fraction of sp³-hybridized carbons (Fsp3) is 0.417. The van der Waals surface area contributed by atoms with Crippen molar-refractivity contribution in [2.24, 2.45) is 4.99 Å². The van der Waals surface area contributed by atoms with Crippen LogP contribution in [0.3, 0.4) is 0 Å². The molecule has 3 heteroatoms. The Balaban J connectivity index is 2.02. The molecule has 80 valence electrons. The maximum Gasteiger partial charge on any atom is 0.194 e. The molecule has 1 atom stereocenters. The van der Waals surface area contributed by atoms with Crippen LogP contribution in [0.15, 0.2) is 35.3 Å². The van der Waals surface area contributed by atoms with E-state index in [-0.39, 0.29) is 0 Å². The molecule has 0 spiro atoms. The summed E-state index contributed by atoms with van der Waals surface area (Å²) in [6, 6.07) is 10.8. The number of nitrogens with zero attached hydrogens (tertiary/aromatic N) is 2. The van der Waals surface area contributed by atoms with Gasteiger partial charge >= 0.3 is 0 Å². The first-order chi connectivity index (χ1) is 7.31. The highest BCUT2D eigenvalue weighted by Gasteiger charge is 2.20. The second-order valence-electron chi connectivity index (χ2n) is 3.79. The number of guanidine groups is 1. The predicted molar refractivity (Wildman–Crippen MR) is 62.9 cm³/mol. The molecule has 0 saturated carbocycles. The third kappa shape index (κ3) is 2.12. The van der Waals surface area contributed by atoms with Gasteiger partial charge in [0.2, 0.25) is 0 Å². The van der Waals surface area contributed by atoms with Crippen LogP contribution >= 0.6 is 0 Å². The van der Waals surface area contributed by atoms with Gasteiger partial charge in [-0.2, -0.15) is 0 Å². The number of hydrogen-bond acceptors (Lipinski definition) is 3. The molecule has 0 bridgehead atoms. The SMILES string of the molecule is CCN(C)C1=NCC(c2ccccc2)N1. The maximum absolute atomic E-state index is 4.50. The zero-order valence-corrected chi connectivity index (χ0v) is 9.27. The Kier molecular flexibility index (Phi) is 2.90. The molecule has 0 radical (unpaired) electrons. The summed E-state index contributed by atoms with van der Waals surface area (Å²) in [5.74, 6) is 1.01. The number of rotatable bonds is 2. The van der Waals surface area contributed by atoms with Crippen LogP contribution in [0, 0.1) is 0 Å². The van der Waals surface area contributed by atoms with Gasteiger partial charge in [0.1, 0.15) is 0 Å². The quantitative estimate of drug-likeness (QED) is 0.791. The Bertz CT molecular complexity index is 345. The first-order valence-electron chi connectivity index (χ1n) is 5.38. The van der Waals surface area contributed by atoms with Gasteiger partial charge in [0.05, 0.1) is 12.6 Å². The van der Waals surface area contributed by atoms with E-state index in [1.165, 1.54) is 5.56 Å². The second kappa shape index (κ2) is 4.34. The summed E-state index contributed by atoms with van der Waals surface area (Å²) in [6.07, 6.45) is 0. The monoisotopic (exact) mass is 203 g/mol. The fourth-order valence-corrected chi connectivity index (χ4v) is 1.68. The van der Waals surface area contributed by atoms with E-state index in [0.29, 0.717) is 6.04 Å². The van der Waals surface area contributed by atoms with Crippen LogP contribution in [0.1, 0.15) is 18.5 Å². The third-order valence-corrected chi connectivity index (χ3v) is 2.76. The van der Waals surface area contributed by atoms with Gasteiger partial charge in [0.15, 0.2) is 5.96 Å². The highest BCUT2D eigenvalue weighted by atomic mass is 15.3. The molecule has 0 aliphatic carbocycles. The van der Waals surface area contributed by atoms with Gasteiger partial charge < -0.3 is 10.2 Å². The van der Waals surface area contributed by atoms with Crippen molar-refractivity contribution in [2.75, 3.05) is 20.1 Å². The molecule has 1 N–H and O–H groups in total. The van der Waals surface area contributed by atoms with Crippen molar-refractivity contribution in [3.05, 3.63) is 35.9 Å². The van der Waals surface area contributed by atoms with Gasteiger partial charge in [-0.3, -0.25) is 4.99 Å². The molecule has 15 heavy (non-hydrogen) atoms. The molecule has 0 amide bonds. The van der Waals surface area contributed by atoms with E-state index in [0.717, 1.165) is 19.0 Å². The molecular weight excluding hydrogens is 186 g/mol. The molecule has 1 aromatic carbocycles. The van der Waals surface area contributed by atoms with Crippen LogP contribution in [-0.2, 0) is 0 Å². The van der Waals surface area contributed by atoms with E-state index < -0.39 is 0 Å². The van der Waals surface area contributed by atoms with Crippen LogP contribution in [0.2, 0.25) is 0 Å². The standard InChI is InChI=1S/C12H17N3/c1-3-15(2)12-13-9-11(14-12)10-7-5-4-6-8-10/h4-8,11H,3,9H2,1-2H3,(H,13,14). The Morgan fingerprint density at radius 2 is 2.13 bits per heavy atom. The van der Waals surface area contributed by atoms with Crippen molar-refractivity contribution >= 4 is 5.96 Å². The molecule has 0 aromatic heterocycles. The van der Waals surface area contributed by atoms with Gasteiger partial charge in [0, 0.05) is 13.6 Å². The van der Waals surface area contributed by atoms with Gasteiger partial charge in [-0.05, 0) is 12.5 Å². The van der Waals surface area contributed by atoms with Crippen molar-refractivity contribution in [3.8, 4) is 0 Å². The highest BCUT2D eigenvalue weighted by Crippen LogP contribution is 2.17. The minimum atomic E-state index is 0.343. The van der Waals surface area contributed by atoms with Crippen molar-refractivity contribution in [3.63, 3.8) is 0 Å². The van der Waals surface area contributed by atoms with E-state index in [1.54, 1.807) is 0 Å². The largest absolute Gasteiger partial charge is 0.348 e. The summed E-state index contributed by atoms with van der Waals surface area (Å²) < 4.78 is 0. The average Bonchev–Trinajstić information content (AvgIpc) is 2.78. The van der Waals surface area contributed by atoms with Gasteiger partial charge in [-0.15, -0.1) is 0 Å². The summed E-state index contributed by atoms with van der Waals surface area (Å²) in [6.45, 7) is 3.94. The fourth-order valence-electron chi connectivity index (χ4n) is 1.68. The Morgan fingerprint density at radius 1 is 1.40 bits per heavy atom.